The van der Waals surface area contributed by atoms with Gasteiger partial charge in [0.1, 0.15) is 12.4 Å². The first-order valence-electron chi connectivity index (χ1n) is 7.12. The first kappa shape index (κ1) is 18.6. The number of carbonyl (C=O) groups is 3. The van der Waals surface area contributed by atoms with Gasteiger partial charge < -0.3 is 15.3 Å². The normalized spacial score (nSPS) is 11.0. The van der Waals surface area contributed by atoms with E-state index in [0.717, 1.165) is 4.90 Å². The number of carbonyl (C=O) groups excluding carboxylic acids is 2. The van der Waals surface area contributed by atoms with E-state index in [0.29, 0.717) is 5.56 Å². The van der Waals surface area contributed by atoms with Gasteiger partial charge in [-0.2, -0.15) is 0 Å². The Balaban J connectivity index is 2.73. The van der Waals surface area contributed by atoms with Crippen LogP contribution in [0.2, 0.25) is 0 Å². The van der Waals surface area contributed by atoms with Crippen molar-refractivity contribution in [2.24, 2.45) is 5.41 Å². The van der Waals surface area contributed by atoms with Crippen molar-refractivity contribution in [3.8, 4) is 0 Å². The molecule has 126 valence electrons. The molecule has 2 N–H and O–H groups in total. The monoisotopic (exact) mass is 324 g/mol. The number of carboxylic acids is 1. The number of halogens is 1. The number of nitrogens with zero attached hydrogens (tertiary/aromatic N) is 1. The van der Waals surface area contributed by atoms with E-state index in [1.807, 2.05) is 0 Å². The number of rotatable bonds is 6. The lowest BCUT2D eigenvalue weighted by molar-refractivity contribution is -0.145. The molecule has 1 aromatic rings. The number of carboxylic acid groups (broad SMARTS) is 1. The van der Waals surface area contributed by atoms with Gasteiger partial charge in [-0.3, -0.25) is 14.4 Å². The number of aliphatic carboxylic acids is 1. The lowest BCUT2D eigenvalue weighted by Gasteiger charge is -2.23. The molecule has 0 fully saturated rings. The number of amides is 2. The standard InChI is InChI=1S/C16H21FN2O4/c1-16(2,3)15(23)18-8-13(20)19(10-14(21)22)9-11-4-6-12(17)7-5-11/h4-7H,8-10H2,1-3H3,(H,18,23)(H,21,22). The van der Waals surface area contributed by atoms with Crippen LogP contribution in [-0.2, 0) is 20.9 Å². The van der Waals surface area contributed by atoms with Gasteiger partial charge >= 0.3 is 5.97 Å². The lowest BCUT2D eigenvalue weighted by Crippen LogP contribution is -2.44. The Labute approximate surface area is 134 Å². The maximum atomic E-state index is 12.9. The van der Waals surface area contributed by atoms with Crippen LogP contribution < -0.4 is 5.32 Å². The summed E-state index contributed by atoms with van der Waals surface area (Å²) in [6.07, 6.45) is 0. The van der Waals surface area contributed by atoms with Gasteiger partial charge in [0.25, 0.3) is 0 Å². The average molecular weight is 324 g/mol. The zero-order valence-corrected chi connectivity index (χ0v) is 13.4. The Morgan fingerprint density at radius 2 is 1.74 bits per heavy atom. The van der Waals surface area contributed by atoms with E-state index in [9.17, 15) is 18.8 Å². The van der Waals surface area contributed by atoms with Crippen molar-refractivity contribution in [3.63, 3.8) is 0 Å². The second-order valence-corrected chi connectivity index (χ2v) is 6.20. The molecule has 0 aliphatic heterocycles. The fourth-order valence-electron chi connectivity index (χ4n) is 1.74. The molecular formula is C16H21FN2O4. The Kier molecular flexibility index (Phi) is 6.24. The molecule has 1 rings (SSSR count). The summed E-state index contributed by atoms with van der Waals surface area (Å²) in [7, 11) is 0. The molecule has 1 aromatic carbocycles. The minimum absolute atomic E-state index is 0.0246. The molecule has 0 saturated carbocycles. The van der Waals surface area contributed by atoms with Crippen LogP contribution in [0.1, 0.15) is 26.3 Å². The summed E-state index contributed by atoms with van der Waals surface area (Å²) in [6, 6.07) is 5.43. The van der Waals surface area contributed by atoms with Gasteiger partial charge in [-0.15, -0.1) is 0 Å². The van der Waals surface area contributed by atoms with Crippen molar-refractivity contribution in [2.45, 2.75) is 27.3 Å². The van der Waals surface area contributed by atoms with Crippen LogP contribution >= 0.6 is 0 Å². The molecule has 0 unspecified atom stereocenters. The van der Waals surface area contributed by atoms with Crippen LogP contribution in [0, 0.1) is 11.2 Å². The van der Waals surface area contributed by atoms with Crippen LogP contribution in [0.25, 0.3) is 0 Å². The van der Waals surface area contributed by atoms with Crippen molar-refractivity contribution in [3.05, 3.63) is 35.6 Å². The fourth-order valence-corrected chi connectivity index (χ4v) is 1.74. The minimum Gasteiger partial charge on any atom is -0.480 e. The predicted octanol–water partition coefficient (Wildman–Crippen LogP) is 1.40. The van der Waals surface area contributed by atoms with Crippen molar-refractivity contribution >= 4 is 17.8 Å². The molecule has 0 atom stereocenters. The van der Waals surface area contributed by atoms with Crippen molar-refractivity contribution in [2.75, 3.05) is 13.1 Å². The molecule has 23 heavy (non-hydrogen) atoms. The van der Waals surface area contributed by atoms with E-state index < -0.39 is 29.7 Å². The maximum Gasteiger partial charge on any atom is 0.323 e. The highest BCUT2D eigenvalue weighted by Crippen LogP contribution is 2.12. The summed E-state index contributed by atoms with van der Waals surface area (Å²) in [5, 5.41) is 11.4. The smallest absolute Gasteiger partial charge is 0.323 e. The summed E-state index contributed by atoms with van der Waals surface area (Å²) in [5.74, 6) is -2.40. The van der Waals surface area contributed by atoms with Crippen LogP contribution in [0.4, 0.5) is 4.39 Å². The van der Waals surface area contributed by atoms with Crippen molar-refractivity contribution in [1.29, 1.82) is 0 Å². The van der Waals surface area contributed by atoms with Gasteiger partial charge in [0.15, 0.2) is 0 Å². The first-order chi connectivity index (χ1) is 10.6. The van der Waals surface area contributed by atoms with Crippen LogP contribution in [0.3, 0.4) is 0 Å². The summed E-state index contributed by atoms with van der Waals surface area (Å²) in [4.78, 5) is 35.9. The lowest BCUT2D eigenvalue weighted by atomic mass is 9.96. The zero-order chi connectivity index (χ0) is 17.6. The summed E-state index contributed by atoms with van der Waals surface area (Å²) in [5.41, 5.74) is -0.0438. The third-order valence-corrected chi connectivity index (χ3v) is 3.05. The summed E-state index contributed by atoms with van der Waals surface area (Å²) < 4.78 is 12.9. The van der Waals surface area contributed by atoms with Crippen LogP contribution in [0.15, 0.2) is 24.3 Å². The largest absolute Gasteiger partial charge is 0.480 e. The van der Waals surface area contributed by atoms with Gasteiger partial charge in [0, 0.05) is 12.0 Å². The highest BCUT2D eigenvalue weighted by atomic mass is 19.1. The first-order valence-corrected chi connectivity index (χ1v) is 7.12. The third-order valence-electron chi connectivity index (χ3n) is 3.05. The molecule has 2 amide bonds. The molecule has 0 aliphatic rings. The third kappa shape index (κ3) is 6.46. The molecule has 7 heteroatoms. The van der Waals surface area contributed by atoms with E-state index >= 15 is 0 Å². The molecule has 0 saturated heterocycles. The molecule has 0 radical (unpaired) electrons. The summed E-state index contributed by atoms with van der Waals surface area (Å²) in [6.45, 7) is 4.37. The van der Waals surface area contributed by atoms with E-state index in [1.54, 1.807) is 20.8 Å². The van der Waals surface area contributed by atoms with E-state index in [1.165, 1.54) is 24.3 Å². The Hall–Kier alpha value is -2.44. The van der Waals surface area contributed by atoms with Crippen LogP contribution in [-0.4, -0.2) is 40.9 Å². The molecular weight excluding hydrogens is 303 g/mol. The second kappa shape index (κ2) is 7.71. The Morgan fingerprint density at radius 1 is 1.17 bits per heavy atom. The van der Waals surface area contributed by atoms with E-state index in [2.05, 4.69) is 5.32 Å². The number of benzene rings is 1. The van der Waals surface area contributed by atoms with Gasteiger partial charge in [-0.05, 0) is 17.7 Å². The summed E-state index contributed by atoms with van der Waals surface area (Å²) >= 11 is 0. The van der Waals surface area contributed by atoms with Crippen molar-refractivity contribution in [1.82, 2.24) is 10.2 Å². The van der Waals surface area contributed by atoms with Crippen molar-refractivity contribution < 1.29 is 23.9 Å². The SMILES string of the molecule is CC(C)(C)C(=O)NCC(=O)N(CC(=O)O)Cc1ccc(F)cc1. The maximum absolute atomic E-state index is 12.9. The molecule has 0 aliphatic carbocycles. The number of hydrogen-bond donors (Lipinski definition) is 2. The Morgan fingerprint density at radius 3 is 2.22 bits per heavy atom. The van der Waals surface area contributed by atoms with Gasteiger partial charge in [-0.1, -0.05) is 32.9 Å². The average Bonchev–Trinajstić information content (AvgIpc) is 2.44. The topological polar surface area (TPSA) is 86.7 Å². The van der Waals surface area contributed by atoms with E-state index in [-0.39, 0.29) is 19.0 Å². The number of hydrogen-bond acceptors (Lipinski definition) is 3. The second-order valence-electron chi connectivity index (χ2n) is 6.20. The van der Waals surface area contributed by atoms with Gasteiger partial charge in [0.05, 0.1) is 6.54 Å². The molecule has 6 nitrogen and oxygen atoms in total. The minimum atomic E-state index is -1.16. The van der Waals surface area contributed by atoms with Gasteiger partial charge in [-0.25, -0.2) is 4.39 Å². The van der Waals surface area contributed by atoms with Crippen LogP contribution in [0.5, 0.6) is 0 Å². The van der Waals surface area contributed by atoms with E-state index in [4.69, 9.17) is 5.11 Å². The highest BCUT2D eigenvalue weighted by Gasteiger charge is 2.23. The number of nitrogens with one attached hydrogen (secondary N) is 1. The zero-order valence-electron chi connectivity index (χ0n) is 13.4. The van der Waals surface area contributed by atoms with Gasteiger partial charge in [0.2, 0.25) is 11.8 Å². The molecule has 0 heterocycles. The fraction of sp³-hybridized carbons (Fsp3) is 0.438. The Bertz CT molecular complexity index is 579. The molecule has 0 bridgehead atoms. The molecule has 0 aromatic heterocycles. The predicted molar refractivity (Wildman–Crippen MR) is 81.9 cm³/mol. The molecule has 0 spiro atoms. The quantitative estimate of drug-likeness (QED) is 0.828. The highest BCUT2D eigenvalue weighted by molar-refractivity contribution is 5.88.